The summed E-state index contributed by atoms with van der Waals surface area (Å²) in [5, 5.41) is 12.0. The van der Waals surface area contributed by atoms with Crippen molar-refractivity contribution in [3.05, 3.63) is 45.4 Å². The molecule has 1 aliphatic heterocycles. The van der Waals surface area contributed by atoms with Crippen LogP contribution >= 0.6 is 23.8 Å². The predicted octanol–water partition coefficient (Wildman–Crippen LogP) is 3.33. The quantitative estimate of drug-likeness (QED) is 0.699. The highest BCUT2D eigenvalue weighted by Crippen LogP contribution is 2.26. The zero-order valence-electron chi connectivity index (χ0n) is 10.6. The summed E-state index contributed by atoms with van der Waals surface area (Å²) in [6.07, 6.45) is 3.63. The molecule has 0 spiro atoms. The molecule has 0 unspecified atom stereocenters. The molecule has 1 atom stereocenters. The Morgan fingerprint density at radius 1 is 1.55 bits per heavy atom. The summed E-state index contributed by atoms with van der Waals surface area (Å²) < 4.78 is 7.68. The number of ether oxygens (including phenoxy) is 1. The number of hydrogen-bond donors (Lipinski definition) is 1. The molecular weight excluding hydrogens is 296 g/mol. The molecule has 0 saturated carbocycles. The van der Waals surface area contributed by atoms with Gasteiger partial charge in [-0.15, -0.1) is 0 Å². The number of benzene rings is 1. The molecule has 3 rings (SSSR count). The van der Waals surface area contributed by atoms with Crippen molar-refractivity contribution in [3.63, 3.8) is 0 Å². The molecule has 0 bridgehead atoms. The fraction of sp³-hybridized carbons (Fsp3) is 0.308. The first-order valence-electron chi connectivity index (χ1n) is 6.33. The van der Waals surface area contributed by atoms with E-state index in [4.69, 9.17) is 28.6 Å². The molecule has 1 N–H and O–H groups in total. The van der Waals surface area contributed by atoms with Crippen LogP contribution in [0.3, 0.4) is 0 Å². The number of aromatic amines is 1. The number of rotatable bonds is 3. The summed E-state index contributed by atoms with van der Waals surface area (Å²) in [4.78, 5) is 0. The third kappa shape index (κ3) is 2.82. The summed E-state index contributed by atoms with van der Waals surface area (Å²) in [6, 6.07) is 7.45. The van der Waals surface area contributed by atoms with Crippen LogP contribution in [0.1, 0.15) is 30.3 Å². The Balaban J connectivity index is 1.90. The lowest BCUT2D eigenvalue weighted by atomic mass is 10.2. The Morgan fingerprint density at radius 2 is 2.45 bits per heavy atom. The molecule has 7 heteroatoms. The van der Waals surface area contributed by atoms with Gasteiger partial charge in [-0.05, 0) is 42.8 Å². The third-order valence-corrected chi connectivity index (χ3v) is 3.56. The van der Waals surface area contributed by atoms with Crippen molar-refractivity contribution in [1.82, 2.24) is 14.9 Å². The Bertz CT molecular complexity index is 688. The number of H-pyrrole nitrogens is 1. The van der Waals surface area contributed by atoms with Crippen LogP contribution in [-0.2, 0) is 4.74 Å². The fourth-order valence-corrected chi connectivity index (χ4v) is 2.50. The number of nitrogens with zero attached hydrogens (tertiary/aromatic N) is 3. The molecular formula is C13H13ClN4OS. The second-order valence-electron chi connectivity index (χ2n) is 4.50. The molecule has 2 heterocycles. The Hall–Kier alpha value is -1.50. The van der Waals surface area contributed by atoms with Crippen LogP contribution in [0, 0.1) is 4.77 Å². The van der Waals surface area contributed by atoms with Gasteiger partial charge in [0.2, 0.25) is 4.77 Å². The summed E-state index contributed by atoms with van der Waals surface area (Å²) >= 11 is 11.1. The Morgan fingerprint density at radius 3 is 3.20 bits per heavy atom. The van der Waals surface area contributed by atoms with Crippen LogP contribution in [0.5, 0.6) is 0 Å². The van der Waals surface area contributed by atoms with Gasteiger partial charge in [0.15, 0.2) is 5.82 Å². The van der Waals surface area contributed by atoms with Crippen molar-refractivity contribution in [2.45, 2.75) is 18.9 Å². The molecule has 1 aliphatic rings. The van der Waals surface area contributed by atoms with Gasteiger partial charge in [-0.1, -0.05) is 23.7 Å². The van der Waals surface area contributed by atoms with Crippen LogP contribution in [-0.4, -0.2) is 27.7 Å². The average molecular weight is 309 g/mol. The second-order valence-corrected chi connectivity index (χ2v) is 5.32. The number of nitrogens with one attached hydrogen (secondary N) is 1. The fourth-order valence-electron chi connectivity index (χ4n) is 2.12. The molecule has 20 heavy (non-hydrogen) atoms. The summed E-state index contributed by atoms with van der Waals surface area (Å²) in [6.45, 7) is 0.752. The van der Waals surface area contributed by atoms with E-state index in [0.717, 1.165) is 25.0 Å². The van der Waals surface area contributed by atoms with Gasteiger partial charge in [-0.25, -0.2) is 0 Å². The summed E-state index contributed by atoms with van der Waals surface area (Å²) in [5.41, 5.74) is 0.902. The van der Waals surface area contributed by atoms with Crippen LogP contribution in [0.2, 0.25) is 5.02 Å². The van der Waals surface area contributed by atoms with Gasteiger partial charge >= 0.3 is 0 Å². The SMILES string of the molecule is S=c1[nH]nc([C@@H]2CCCO2)n1/N=C\c1cccc(Cl)c1. The van der Waals surface area contributed by atoms with Crippen molar-refractivity contribution in [2.24, 2.45) is 5.10 Å². The molecule has 5 nitrogen and oxygen atoms in total. The smallest absolute Gasteiger partial charge is 0.216 e. The maximum Gasteiger partial charge on any atom is 0.216 e. The first kappa shape index (κ1) is 13.5. The van der Waals surface area contributed by atoms with E-state index in [-0.39, 0.29) is 6.10 Å². The number of aromatic nitrogens is 3. The lowest BCUT2D eigenvalue weighted by Gasteiger charge is -2.07. The van der Waals surface area contributed by atoms with Crippen molar-refractivity contribution >= 4 is 30.0 Å². The van der Waals surface area contributed by atoms with Gasteiger partial charge in [-0.3, -0.25) is 5.10 Å². The highest BCUT2D eigenvalue weighted by atomic mass is 35.5. The largest absolute Gasteiger partial charge is 0.370 e. The molecule has 1 aromatic heterocycles. The minimum absolute atomic E-state index is 0.0422. The van der Waals surface area contributed by atoms with E-state index in [1.807, 2.05) is 24.3 Å². The lowest BCUT2D eigenvalue weighted by Crippen LogP contribution is -2.05. The summed E-state index contributed by atoms with van der Waals surface area (Å²) in [5.74, 6) is 0.714. The molecule has 0 aliphatic carbocycles. The topological polar surface area (TPSA) is 55.2 Å². The first-order valence-corrected chi connectivity index (χ1v) is 7.11. The van der Waals surface area contributed by atoms with E-state index in [9.17, 15) is 0 Å². The number of halogens is 1. The van der Waals surface area contributed by atoms with E-state index >= 15 is 0 Å². The molecule has 2 aromatic rings. The minimum atomic E-state index is -0.0422. The van der Waals surface area contributed by atoms with E-state index in [0.29, 0.717) is 15.6 Å². The van der Waals surface area contributed by atoms with E-state index in [1.165, 1.54) is 0 Å². The van der Waals surface area contributed by atoms with Crippen LogP contribution in [0.15, 0.2) is 29.4 Å². The Labute approximate surface area is 126 Å². The van der Waals surface area contributed by atoms with Crippen molar-refractivity contribution < 1.29 is 4.74 Å². The number of hydrogen-bond acceptors (Lipinski definition) is 4. The van der Waals surface area contributed by atoms with Gasteiger partial charge in [-0.2, -0.15) is 14.9 Å². The minimum Gasteiger partial charge on any atom is -0.370 e. The molecule has 1 saturated heterocycles. The van der Waals surface area contributed by atoms with E-state index in [1.54, 1.807) is 10.9 Å². The van der Waals surface area contributed by atoms with Crippen molar-refractivity contribution in [3.8, 4) is 0 Å². The van der Waals surface area contributed by atoms with E-state index in [2.05, 4.69) is 15.3 Å². The highest BCUT2D eigenvalue weighted by molar-refractivity contribution is 7.71. The predicted molar refractivity (Wildman–Crippen MR) is 79.8 cm³/mol. The molecule has 1 aromatic carbocycles. The van der Waals surface area contributed by atoms with Crippen molar-refractivity contribution in [1.29, 1.82) is 0 Å². The van der Waals surface area contributed by atoms with Gasteiger partial charge in [0.25, 0.3) is 0 Å². The molecule has 104 valence electrons. The van der Waals surface area contributed by atoms with E-state index < -0.39 is 0 Å². The van der Waals surface area contributed by atoms with Crippen LogP contribution < -0.4 is 0 Å². The Kier molecular flexibility index (Phi) is 3.95. The standard InChI is InChI=1S/C13H13ClN4OS/c14-10-4-1-3-9(7-10)8-15-18-12(16-17-13(18)20)11-5-2-6-19-11/h1,3-4,7-8,11H,2,5-6H2,(H,17,20)/b15-8-/t11-/m0/s1. The second kappa shape index (κ2) is 5.87. The molecule has 0 radical (unpaired) electrons. The third-order valence-electron chi connectivity index (χ3n) is 3.06. The lowest BCUT2D eigenvalue weighted by molar-refractivity contribution is 0.102. The maximum atomic E-state index is 5.94. The van der Waals surface area contributed by atoms with Gasteiger partial charge in [0, 0.05) is 11.6 Å². The molecule has 0 amide bonds. The normalized spacial score (nSPS) is 18.9. The molecule has 1 fully saturated rings. The highest BCUT2D eigenvalue weighted by Gasteiger charge is 2.23. The van der Waals surface area contributed by atoms with Crippen LogP contribution in [0.4, 0.5) is 0 Å². The van der Waals surface area contributed by atoms with Gasteiger partial charge in [0.1, 0.15) is 6.10 Å². The average Bonchev–Trinajstić information content (AvgIpc) is 3.06. The first-order chi connectivity index (χ1) is 9.74. The van der Waals surface area contributed by atoms with Crippen LogP contribution in [0.25, 0.3) is 0 Å². The zero-order chi connectivity index (χ0) is 13.9. The zero-order valence-corrected chi connectivity index (χ0v) is 12.2. The van der Waals surface area contributed by atoms with Gasteiger partial charge in [0.05, 0.1) is 6.21 Å². The monoisotopic (exact) mass is 308 g/mol. The maximum absolute atomic E-state index is 5.94. The van der Waals surface area contributed by atoms with Gasteiger partial charge < -0.3 is 4.74 Å². The summed E-state index contributed by atoms with van der Waals surface area (Å²) in [7, 11) is 0. The van der Waals surface area contributed by atoms with Crippen molar-refractivity contribution in [2.75, 3.05) is 6.61 Å².